The van der Waals surface area contributed by atoms with Crippen LogP contribution < -0.4 is 9.47 Å². The number of carbonyl (C=O) groups excluding carboxylic acids is 1. The van der Waals surface area contributed by atoms with Crippen molar-refractivity contribution in [3.05, 3.63) is 22.9 Å². The lowest BCUT2D eigenvalue weighted by atomic mass is 10.5. The second-order valence-corrected chi connectivity index (χ2v) is 3.21. The van der Waals surface area contributed by atoms with E-state index in [9.17, 15) is 10.0 Å². The molecule has 0 amide bonds. The fraction of sp³-hybridized carbons (Fsp3) is 0.250. The minimum absolute atomic E-state index is 0.182. The highest BCUT2D eigenvalue weighted by atomic mass is 79.9. The van der Waals surface area contributed by atoms with Gasteiger partial charge < -0.3 is 9.47 Å². The highest BCUT2D eigenvalue weighted by molar-refractivity contribution is 9.10. The van der Waals surface area contributed by atoms with Crippen LogP contribution in [0.4, 0.5) is 0 Å². The number of hydrogen-bond donors (Lipinski definition) is 1. The third-order valence-electron chi connectivity index (χ3n) is 1.44. The van der Waals surface area contributed by atoms with Gasteiger partial charge in [-0.3, -0.25) is 5.21 Å². The van der Waals surface area contributed by atoms with E-state index in [-0.39, 0.29) is 6.61 Å². The molecule has 1 aromatic rings. The number of rotatable bonds is 3. The van der Waals surface area contributed by atoms with E-state index in [1.165, 1.54) is 13.3 Å². The first kappa shape index (κ1) is 10.8. The van der Waals surface area contributed by atoms with Crippen molar-refractivity contribution in [2.24, 2.45) is 0 Å². The molecule has 0 fully saturated rings. The molecule has 5 nitrogen and oxygen atoms in total. The molecule has 76 valence electrons. The molecule has 0 radical (unpaired) electrons. The van der Waals surface area contributed by atoms with Crippen molar-refractivity contribution < 1.29 is 24.2 Å². The van der Waals surface area contributed by atoms with Gasteiger partial charge in [0.15, 0.2) is 12.4 Å². The molecule has 1 heterocycles. The Balaban J connectivity index is 2.60. The summed E-state index contributed by atoms with van der Waals surface area (Å²) in [6, 6.07) is 3.20. The zero-order chi connectivity index (χ0) is 10.6. The van der Waals surface area contributed by atoms with Crippen LogP contribution in [0.1, 0.15) is 0 Å². The molecule has 0 aromatic carbocycles. The van der Waals surface area contributed by atoms with Crippen molar-refractivity contribution in [3.8, 4) is 5.75 Å². The van der Waals surface area contributed by atoms with Gasteiger partial charge >= 0.3 is 5.97 Å². The first-order valence-electron chi connectivity index (χ1n) is 3.73. The van der Waals surface area contributed by atoms with Gasteiger partial charge in [0.05, 0.1) is 7.11 Å². The van der Waals surface area contributed by atoms with Gasteiger partial charge in [0, 0.05) is 26.7 Å². The Morgan fingerprint density at radius 3 is 2.93 bits per heavy atom. The smallest absolute Gasteiger partial charge is 0.343 e. The van der Waals surface area contributed by atoms with Gasteiger partial charge in [-0.2, -0.15) is 0 Å². The SMILES string of the molecule is COC(=O)COc1ccc(Br)[n+](O)c1. The predicted molar refractivity (Wildman–Crippen MR) is 49.0 cm³/mol. The minimum Gasteiger partial charge on any atom is -0.475 e. The summed E-state index contributed by atoms with van der Waals surface area (Å²) in [5, 5.41) is 9.20. The van der Waals surface area contributed by atoms with Crippen LogP contribution >= 0.6 is 15.9 Å². The number of carbonyl (C=O) groups is 1. The number of aromatic nitrogens is 1. The highest BCUT2D eigenvalue weighted by Crippen LogP contribution is 2.10. The van der Waals surface area contributed by atoms with Gasteiger partial charge in [-0.1, -0.05) is 0 Å². The fourth-order valence-electron chi connectivity index (χ4n) is 0.739. The maximum absolute atomic E-state index is 10.7. The van der Waals surface area contributed by atoms with Crippen LogP contribution in [-0.4, -0.2) is 24.9 Å². The van der Waals surface area contributed by atoms with E-state index in [2.05, 4.69) is 20.7 Å². The van der Waals surface area contributed by atoms with Gasteiger partial charge in [0.1, 0.15) is 0 Å². The van der Waals surface area contributed by atoms with Crippen molar-refractivity contribution in [2.75, 3.05) is 13.7 Å². The van der Waals surface area contributed by atoms with Crippen LogP contribution in [-0.2, 0) is 9.53 Å². The normalized spacial score (nSPS) is 9.57. The molecule has 0 saturated heterocycles. The van der Waals surface area contributed by atoms with Crippen LogP contribution in [0.3, 0.4) is 0 Å². The van der Waals surface area contributed by atoms with Gasteiger partial charge in [-0.05, 0) is 6.07 Å². The van der Waals surface area contributed by atoms with E-state index >= 15 is 0 Å². The second-order valence-electron chi connectivity index (χ2n) is 2.40. The van der Waals surface area contributed by atoms with Crippen molar-refractivity contribution in [1.82, 2.24) is 0 Å². The predicted octanol–water partition coefficient (Wildman–Crippen LogP) is 0.526. The van der Waals surface area contributed by atoms with Gasteiger partial charge in [-0.15, -0.1) is 0 Å². The van der Waals surface area contributed by atoms with E-state index < -0.39 is 5.97 Å². The molecule has 1 N–H and O–H groups in total. The Hall–Kier alpha value is -1.30. The number of esters is 1. The van der Waals surface area contributed by atoms with Crippen LogP contribution in [0.2, 0.25) is 0 Å². The van der Waals surface area contributed by atoms with E-state index in [1.807, 2.05) is 0 Å². The summed E-state index contributed by atoms with van der Waals surface area (Å²) >= 11 is 3.09. The van der Waals surface area contributed by atoms with Crippen LogP contribution in [0.5, 0.6) is 5.75 Å². The van der Waals surface area contributed by atoms with E-state index in [1.54, 1.807) is 12.1 Å². The highest BCUT2D eigenvalue weighted by Gasteiger charge is 2.09. The molecule has 1 aromatic heterocycles. The third kappa shape index (κ3) is 2.88. The maximum Gasteiger partial charge on any atom is 0.343 e. The summed E-state index contributed by atoms with van der Waals surface area (Å²) in [6.45, 7) is -0.182. The number of hydrogen-bond acceptors (Lipinski definition) is 4. The Labute approximate surface area is 89.0 Å². The molecular formula is C8H9BrNO4+. The third-order valence-corrected chi connectivity index (χ3v) is 2.07. The Morgan fingerprint density at radius 2 is 2.36 bits per heavy atom. The largest absolute Gasteiger partial charge is 0.475 e. The summed E-state index contributed by atoms with van der Waals surface area (Å²) in [6.07, 6.45) is 1.33. The van der Waals surface area contributed by atoms with Crippen molar-refractivity contribution >= 4 is 21.9 Å². The second kappa shape index (κ2) is 4.80. The minimum atomic E-state index is -0.475. The number of halogens is 1. The zero-order valence-corrected chi connectivity index (χ0v) is 9.02. The monoisotopic (exact) mass is 262 g/mol. The number of methoxy groups -OCH3 is 1. The van der Waals surface area contributed by atoms with Gasteiger partial charge in [-0.25, -0.2) is 4.79 Å². The Morgan fingerprint density at radius 1 is 1.64 bits per heavy atom. The molecule has 0 unspecified atom stereocenters. The number of pyridine rings is 1. The molecular weight excluding hydrogens is 254 g/mol. The molecule has 0 bridgehead atoms. The van der Waals surface area contributed by atoms with Crippen LogP contribution in [0.15, 0.2) is 22.9 Å². The van der Waals surface area contributed by atoms with E-state index in [4.69, 9.17) is 4.74 Å². The topological polar surface area (TPSA) is 59.6 Å². The lowest BCUT2D eigenvalue weighted by molar-refractivity contribution is -0.913. The maximum atomic E-state index is 10.7. The van der Waals surface area contributed by atoms with E-state index in [0.29, 0.717) is 10.4 Å². The number of nitrogens with zero attached hydrogens (tertiary/aromatic N) is 1. The molecule has 0 aliphatic carbocycles. The summed E-state index contributed by atoms with van der Waals surface area (Å²) in [5.74, 6) is -0.0986. The summed E-state index contributed by atoms with van der Waals surface area (Å²) in [4.78, 5) is 10.7. The molecule has 0 spiro atoms. The Kier molecular flexibility index (Phi) is 3.70. The molecule has 1 rings (SSSR count). The van der Waals surface area contributed by atoms with Crippen molar-refractivity contribution in [1.29, 1.82) is 0 Å². The molecule has 0 aliphatic rings. The average molecular weight is 263 g/mol. The quantitative estimate of drug-likeness (QED) is 0.374. The zero-order valence-electron chi connectivity index (χ0n) is 7.44. The average Bonchev–Trinajstić information content (AvgIpc) is 2.19. The van der Waals surface area contributed by atoms with E-state index in [0.717, 1.165) is 4.73 Å². The number of ether oxygens (including phenoxy) is 2. The van der Waals surface area contributed by atoms with Crippen molar-refractivity contribution in [2.45, 2.75) is 0 Å². The van der Waals surface area contributed by atoms with Crippen LogP contribution in [0.25, 0.3) is 0 Å². The summed E-state index contributed by atoms with van der Waals surface area (Å²) in [5.41, 5.74) is 0. The lowest BCUT2D eigenvalue weighted by Crippen LogP contribution is -2.31. The standard InChI is InChI=1S/C8H9BrNO4/c1-13-8(11)5-14-6-2-3-7(9)10(12)4-6/h2-4,12H,5H2,1H3/q+1. The fourth-order valence-corrected chi connectivity index (χ4v) is 0.974. The van der Waals surface area contributed by atoms with Crippen LogP contribution in [0, 0.1) is 0 Å². The summed E-state index contributed by atoms with van der Waals surface area (Å²) < 4.78 is 10.7. The molecule has 0 atom stereocenters. The first-order valence-corrected chi connectivity index (χ1v) is 4.53. The lowest BCUT2D eigenvalue weighted by Gasteiger charge is -2.01. The molecule has 0 saturated carbocycles. The summed E-state index contributed by atoms with van der Waals surface area (Å²) in [7, 11) is 1.28. The molecule has 14 heavy (non-hydrogen) atoms. The molecule has 6 heteroatoms. The van der Waals surface area contributed by atoms with Gasteiger partial charge in [0.25, 0.3) is 10.8 Å². The first-order chi connectivity index (χ1) is 6.63. The molecule has 0 aliphatic heterocycles. The van der Waals surface area contributed by atoms with Gasteiger partial charge in [0.2, 0.25) is 0 Å². The Bertz CT molecular complexity index is 342. The van der Waals surface area contributed by atoms with Crippen molar-refractivity contribution in [3.63, 3.8) is 0 Å².